The number of hydrogen-bond donors (Lipinski definition) is 1. The Bertz CT molecular complexity index is 516. The molecule has 0 aliphatic rings. The van der Waals surface area contributed by atoms with E-state index in [4.69, 9.17) is 0 Å². The monoisotopic (exact) mass is 607 g/mol. The van der Waals surface area contributed by atoms with Gasteiger partial charge in [0.25, 0.3) is 0 Å². The lowest BCUT2D eigenvalue weighted by Gasteiger charge is -2.09. The van der Waals surface area contributed by atoms with Crippen LogP contribution < -0.4 is 0 Å². The molecule has 0 saturated carbocycles. The van der Waals surface area contributed by atoms with Gasteiger partial charge in [0.15, 0.2) is 0 Å². The van der Waals surface area contributed by atoms with Gasteiger partial charge in [0.2, 0.25) is 0 Å². The Kier molecular flexibility index (Phi) is 37.5. The molecule has 0 aromatic carbocycles. The molecular weight excluding hydrogens is 524 g/mol. The number of ketones is 1. The number of aliphatic hydroxyl groups is 1. The van der Waals surface area contributed by atoms with Crippen LogP contribution in [0.4, 0.5) is 0 Å². The van der Waals surface area contributed by atoms with E-state index >= 15 is 0 Å². The third-order valence-corrected chi connectivity index (χ3v) is 9.69. The summed E-state index contributed by atoms with van der Waals surface area (Å²) in [6, 6.07) is 0. The van der Waals surface area contributed by atoms with Crippen LogP contribution in [-0.4, -0.2) is 17.0 Å². The Morgan fingerprint density at radius 1 is 0.349 bits per heavy atom. The van der Waals surface area contributed by atoms with E-state index in [1.807, 2.05) is 0 Å². The van der Waals surface area contributed by atoms with Crippen LogP contribution in [-0.2, 0) is 4.79 Å². The van der Waals surface area contributed by atoms with Gasteiger partial charge in [-0.1, -0.05) is 213 Å². The summed E-state index contributed by atoms with van der Waals surface area (Å²) in [5.74, 6) is 0.520. The molecule has 0 heterocycles. The molecule has 258 valence electrons. The van der Waals surface area contributed by atoms with Crippen LogP contribution >= 0.6 is 0 Å². The summed E-state index contributed by atoms with van der Waals surface area (Å²) < 4.78 is 0. The third-order valence-electron chi connectivity index (χ3n) is 9.69. The Balaban J connectivity index is 3.17. The first-order chi connectivity index (χ1) is 21.2. The minimum Gasteiger partial charge on any atom is -0.393 e. The normalized spacial score (nSPS) is 12.3. The molecule has 0 unspecified atom stereocenters. The molecule has 0 radical (unpaired) electrons. The van der Waals surface area contributed by atoms with Crippen LogP contribution in [0.3, 0.4) is 0 Å². The fraction of sp³-hybridized carbons (Fsp3) is 0.976. The molecule has 0 fully saturated rings. The van der Waals surface area contributed by atoms with E-state index in [-0.39, 0.29) is 6.10 Å². The van der Waals surface area contributed by atoms with Gasteiger partial charge in [0.05, 0.1) is 6.10 Å². The maximum atomic E-state index is 12.2. The summed E-state index contributed by atoms with van der Waals surface area (Å²) in [5.41, 5.74) is 0. The number of Topliss-reactive ketones (excluding diaryl/α,β-unsaturated/α-hetero) is 1. The van der Waals surface area contributed by atoms with Crippen molar-refractivity contribution in [3.05, 3.63) is 0 Å². The highest BCUT2D eigenvalue weighted by atomic mass is 16.3. The zero-order chi connectivity index (χ0) is 31.3. The second-order valence-corrected chi connectivity index (χ2v) is 14.2. The molecule has 0 aliphatic heterocycles. The number of unbranched alkanes of at least 4 members (excludes halogenated alkanes) is 30. The Morgan fingerprint density at radius 2 is 0.581 bits per heavy atom. The molecule has 1 atom stereocenters. The van der Waals surface area contributed by atoms with E-state index in [0.717, 1.165) is 38.5 Å². The smallest absolute Gasteiger partial charge is 0.132 e. The van der Waals surface area contributed by atoms with Crippen molar-refractivity contribution in [2.24, 2.45) is 0 Å². The van der Waals surface area contributed by atoms with E-state index in [1.165, 1.54) is 199 Å². The molecule has 0 bridgehead atoms. The van der Waals surface area contributed by atoms with Crippen molar-refractivity contribution in [2.45, 2.75) is 258 Å². The molecule has 0 spiro atoms. The first-order valence-corrected chi connectivity index (χ1v) is 20.4. The van der Waals surface area contributed by atoms with Crippen LogP contribution in [0.25, 0.3) is 0 Å². The molecule has 0 amide bonds. The molecule has 0 aliphatic carbocycles. The number of carbonyl (C=O) groups excluding carboxylic acids is 1. The van der Waals surface area contributed by atoms with Crippen molar-refractivity contribution in [3.63, 3.8) is 0 Å². The van der Waals surface area contributed by atoms with Crippen molar-refractivity contribution < 1.29 is 9.90 Å². The summed E-state index contributed by atoms with van der Waals surface area (Å²) in [7, 11) is 0. The predicted molar refractivity (Wildman–Crippen MR) is 193 cm³/mol. The number of carbonyl (C=O) groups is 1. The summed E-state index contributed by atoms with van der Waals surface area (Å²) in [6.45, 7) is 4.49. The van der Waals surface area contributed by atoms with Crippen LogP contribution in [0.15, 0.2) is 0 Å². The molecular formula is C41H82O2. The first-order valence-electron chi connectivity index (χ1n) is 20.4. The van der Waals surface area contributed by atoms with E-state index in [0.29, 0.717) is 5.78 Å². The number of aliphatic hydroxyl groups excluding tert-OH is 1. The third kappa shape index (κ3) is 37.7. The van der Waals surface area contributed by atoms with E-state index in [1.54, 1.807) is 0 Å². The van der Waals surface area contributed by atoms with Gasteiger partial charge in [0, 0.05) is 12.8 Å². The van der Waals surface area contributed by atoms with Gasteiger partial charge in [0.1, 0.15) is 5.78 Å². The molecule has 1 N–H and O–H groups in total. The molecule has 43 heavy (non-hydrogen) atoms. The summed E-state index contributed by atoms with van der Waals surface area (Å²) in [5, 5.41) is 9.90. The molecule has 0 aromatic heterocycles. The zero-order valence-corrected chi connectivity index (χ0v) is 30.1. The largest absolute Gasteiger partial charge is 0.393 e. The molecule has 2 heteroatoms. The SMILES string of the molecule is CCCCCCCCCCCCCCCCCCC(=O)CCCCCCCCCCCCCCCCC[C@H](O)CCCC. The van der Waals surface area contributed by atoms with Gasteiger partial charge in [-0.15, -0.1) is 0 Å². The van der Waals surface area contributed by atoms with E-state index < -0.39 is 0 Å². The van der Waals surface area contributed by atoms with Crippen molar-refractivity contribution in [1.82, 2.24) is 0 Å². The minimum absolute atomic E-state index is 0.0486. The molecule has 0 saturated heterocycles. The van der Waals surface area contributed by atoms with Gasteiger partial charge < -0.3 is 5.11 Å². The highest BCUT2D eigenvalue weighted by molar-refractivity contribution is 5.78. The van der Waals surface area contributed by atoms with Crippen LogP contribution in [0, 0.1) is 0 Å². The standard InChI is InChI=1S/C41H82O2/c1-3-5-7-8-9-10-11-12-13-15-18-22-25-28-31-34-38-41(43)39-35-32-29-26-23-20-17-14-16-19-21-24-27-30-33-37-40(42)36-6-4-2/h40,42H,3-39H2,1-2H3/t40-/m1/s1. The van der Waals surface area contributed by atoms with Gasteiger partial charge >= 0.3 is 0 Å². The average Bonchev–Trinajstić information content (AvgIpc) is 3.01. The van der Waals surface area contributed by atoms with Crippen molar-refractivity contribution >= 4 is 5.78 Å². The average molecular weight is 607 g/mol. The summed E-state index contributed by atoms with van der Waals surface area (Å²) in [4.78, 5) is 12.2. The topological polar surface area (TPSA) is 37.3 Å². The van der Waals surface area contributed by atoms with E-state index in [9.17, 15) is 9.90 Å². The van der Waals surface area contributed by atoms with Gasteiger partial charge in [-0.25, -0.2) is 0 Å². The minimum atomic E-state index is -0.0486. The van der Waals surface area contributed by atoms with Crippen molar-refractivity contribution in [3.8, 4) is 0 Å². The second-order valence-electron chi connectivity index (χ2n) is 14.2. The summed E-state index contributed by atoms with van der Waals surface area (Å²) in [6.07, 6.45) is 48.4. The lowest BCUT2D eigenvalue weighted by atomic mass is 10.0. The molecule has 0 aromatic rings. The fourth-order valence-electron chi connectivity index (χ4n) is 6.58. The Morgan fingerprint density at radius 3 is 0.884 bits per heavy atom. The van der Waals surface area contributed by atoms with Crippen molar-refractivity contribution in [2.75, 3.05) is 0 Å². The fourth-order valence-corrected chi connectivity index (χ4v) is 6.58. The second kappa shape index (κ2) is 37.8. The lowest BCUT2D eigenvalue weighted by molar-refractivity contribution is -0.119. The lowest BCUT2D eigenvalue weighted by Crippen LogP contribution is -2.05. The quantitative estimate of drug-likeness (QED) is 0.0710. The number of hydrogen-bond acceptors (Lipinski definition) is 2. The first kappa shape index (κ1) is 42.6. The highest BCUT2D eigenvalue weighted by Crippen LogP contribution is 2.17. The van der Waals surface area contributed by atoms with Crippen LogP contribution in [0.2, 0.25) is 0 Å². The Hall–Kier alpha value is -0.370. The van der Waals surface area contributed by atoms with Gasteiger partial charge in [-0.05, 0) is 25.7 Å². The Labute approximate surface area is 272 Å². The highest BCUT2D eigenvalue weighted by Gasteiger charge is 2.04. The number of rotatable bonds is 38. The zero-order valence-electron chi connectivity index (χ0n) is 30.1. The summed E-state index contributed by atoms with van der Waals surface area (Å²) >= 11 is 0. The van der Waals surface area contributed by atoms with Crippen LogP contribution in [0.1, 0.15) is 251 Å². The van der Waals surface area contributed by atoms with Gasteiger partial charge in [-0.3, -0.25) is 4.79 Å². The predicted octanol–water partition coefficient (Wildman–Crippen LogP) is 14.4. The molecule has 2 nitrogen and oxygen atoms in total. The maximum Gasteiger partial charge on any atom is 0.132 e. The van der Waals surface area contributed by atoms with Crippen molar-refractivity contribution in [1.29, 1.82) is 0 Å². The maximum absolute atomic E-state index is 12.2. The van der Waals surface area contributed by atoms with Gasteiger partial charge in [-0.2, -0.15) is 0 Å². The van der Waals surface area contributed by atoms with E-state index in [2.05, 4.69) is 13.8 Å². The van der Waals surface area contributed by atoms with Crippen LogP contribution in [0.5, 0.6) is 0 Å². The molecule has 0 rings (SSSR count).